The minimum atomic E-state index is -0.462. The molecule has 0 unspecified atom stereocenters. The van der Waals surface area contributed by atoms with Crippen LogP contribution < -0.4 is 14.9 Å². The fourth-order valence-electron chi connectivity index (χ4n) is 2.33. The Kier molecular flexibility index (Phi) is 7.59. The molecule has 3 aromatic carbocycles. The smallest absolute Gasteiger partial charge is 0.344 e. The third-order valence-corrected chi connectivity index (χ3v) is 4.68. The van der Waals surface area contributed by atoms with Crippen LogP contribution in [0.1, 0.15) is 15.9 Å². The molecule has 3 aromatic rings. The average Bonchev–Trinajstić information content (AvgIpc) is 2.74. The van der Waals surface area contributed by atoms with Gasteiger partial charge in [0, 0.05) is 9.50 Å². The molecule has 152 valence electrons. The van der Waals surface area contributed by atoms with E-state index in [9.17, 15) is 9.59 Å². The van der Waals surface area contributed by atoms with E-state index in [1.165, 1.54) is 6.21 Å². The Bertz CT molecular complexity index is 1070. The molecule has 0 atom stereocenters. The van der Waals surface area contributed by atoms with E-state index in [0.29, 0.717) is 32.1 Å². The Labute approximate surface area is 186 Å². The summed E-state index contributed by atoms with van der Waals surface area (Å²) in [6.07, 6.45) is 1.47. The molecular weight excluding hydrogens is 472 g/mol. The van der Waals surface area contributed by atoms with Gasteiger partial charge in [0.15, 0.2) is 6.61 Å². The van der Waals surface area contributed by atoms with Crippen molar-refractivity contribution >= 4 is 45.6 Å². The number of ether oxygens (including phenoxy) is 2. The van der Waals surface area contributed by atoms with Crippen LogP contribution in [-0.2, 0) is 4.79 Å². The number of benzene rings is 3. The van der Waals surface area contributed by atoms with Gasteiger partial charge in [0.1, 0.15) is 11.5 Å². The molecule has 0 aliphatic carbocycles. The monoisotopic (exact) mass is 486 g/mol. The van der Waals surface area contributed by atoms with Crippen LogP contribution >= 0.6 is 27.5 Å². The van der Waals surface area contributed by atoms with Gasteiger partial charge in [0.05, 0.1) is 11.8 Å². The maximum absolute atomic E-state index is 12.2. The van der Waals surface area contributed by atoms with Crippen LogP contribution in [0.4, 0.5) is 0 Å². The van der Waals surface area contributed by atoms with Crippen molar-refractivity contribution in [2.24, 2.45) is 5.10 Å². The van der Waals surface area contributed by atoms with Crippen LogP contribution in [0.25, 0.3) is 0 Å². The molecule has 0 heterocycles. The third kappa shape index (κ3) is 6.43. The number of hydrogen-bond acceptors (Lipinski definition) is 5. The highest BCUT2D eigenvalue weighted by atomic mass is 79.9. The Morgan fingerprint density at radius 3 is 2.50 bits per heavy atom. The van der Waals surface area contributed by atoms with Crippen molar-refractivity contribution in [3.05, 3.63) is 93.4 Å². The molecule has 8 heteroatoms. The summed E-state index contributed by atoms with van der Waals surface area (Å²) in [6, 6.07) is 20.5. The number of halogens is 2. The molecule has 1 N–H and O–H groups in total. The zero-order valence-electron chi connectivity index (χ0n) is 15.5. The second-order valence-electron chi connectivity index (χ2n) is 5.98. The maximum Gasteiger partial charge on any atom is 0.344 e. The molecule has 0 radical (unpaired) electrons. The van der Waals surface area contributed by atoms with E-state index < -0.39 is 11.9 Å². The van der Waals surface area contributed by atoms with Crippen LogP contribution in [0.15, 0.2) is 82.4 Å². The largest absolute Gasteiger partial charge is 0.484 e. The van der Waals surface area contributed by atoms with Crippen molar-refractivity contribution in [2.45, 2.75) is 0 Å². The Morgan fingerprint density at radius 1 is 1.00 bits per heavy atom. The molecule has 3 rings (SSSR count). The predicted octanol–water partition coefficient (Wildman–Crippen LogP) is 4.85. The Morgan fingerprint density at radius 2 is 1.77 bits per heavy atom. The highest BCUT2D eigenvalue weighted by Crippen LogP contribution is 2.19. The van der Waals surface area contributed by atoms with E-state index in [1.807, 2.05) is 6.07 Å². The van der Waals surface area contributed by atoms with Crippen LogP contribution in [0.2, 0.25) is 5.02 Å². The fourth-order valence-corrected chi connectivity index (χ4v) is 2.95. The van der Waals surface area contributed by atoms with Crippen molar-refractivity contribution in [1.29, 1.82) is 0 Å². The third-order valence-electron chi connectivity index (χ3n) is 3.75. The topological polar surface area (TPSA) is 77.0 Å². The summed E-state index contributed by atoms with van der Waals surface area (Å²) in [6.45, 7) is -0.193. The molecule has 0 saturated heterocycles. The van der Waals surface area contributed by atoms with Crippen LogP contribution in [0.5, 0.6) is 11.5 Å². The number of amides is 1. The van der Waals surface area contributed by atoms with Crippen molar-refractivity contribution in [3.63, 3.8) is 0 Å². The number of hydrogen-bond donors (Lipinski definition) is 1. The standard InChI is InChI=1S/C22H16BrClN2O4/c23-20-7-2-1-6-19(20)22(28)30-17-10-8-15(9-11-17)13-25-26-21(27)14-29-18-5-3-4-16(24)12-18/h1-13H,14H2,(H,26,27)/b25-13-. The van der Waals surface area contributed by atoms with Gasteiger partial charge < -0.3 is 9.47 Å². The lowest BCUT2D eigenvalue weighted by atomic mass is 10.2. The average molecular weight is 488 g/mol. The number of hydrazone groups is 1. The number of rotatable bonds is 7. The fraction of sp³-hybridized carbons (Fsp3) is 0.0455. The van der Waals surface area contributed by atoms with Crippen LogP contribution in [0.3, 0.4) is 0 Å². The predicted molar refractivity (Wildman–Crippen MR) is 118 cm³/mol. The zero-order valence-corrected chi connectivity index (χ0v) is 17.9. The lowest BCUT2D eigenvalue weighted by Crippen LogP contribution is -2.24. The minimum Gasteiger partial charge on any atom is -0.484 e. The Balaban J connectivity index is 1.48. The molecule has 30 heavy (non-hydrogen) atoms. The van der Waals surface area contributed by atoms with E-state index in [-0.39, 0.29) is 6.61 Å². The number of esters is 1. The van der Waals surface area contributed by atoms with Gasteiger partial charge >= 0.3 is 5.97 Å². The van der Waals surface area contributed by atoms with Crippen molar-refractivity contribution in [1.82, 2.24) is 5.43 Å². The summed E-state index contributed by atoms with van der Waals surface area (Å²) in [5.74, 6) is 0.0160. The van der Waals surface area contributed by atoms with Crippen molar-refractivity contribution in [2.75, 3.05) is 6.61 Å². The van der Waals surface area contributed by atoms with Crippen molar-refractivity contribution in [3.8, 4) is 11.5 Å². The van der Waals surface area contributed by atoms with E-state index in [2.05, 4.69) is 26.5 Å². The molecule has 0 fully saturated rings. The Hall–Kier alpha value is -3.16. The first-order chi connectivity index (χ1) is 14.5. The van der Waals surface area contributed by atoms with Gasteiger partial charge in [-0.2, -0.15) is 5.10 Å². The molecule has 0 saturated carbocycles. The number of nitrogens with zero attached hydrogens (tertiary/aromatic N) is 1. The summed E-state index contributed by atoms with van der Waals surface area (Å²) in [4.78, 5) is 24.0. The van der Waals surface area contributed by atoms with E-state index in [0.717, 1.165) is 0 Å². The maximum atomic E-state index is 12.2. The molecular formula is C22H16BrClN2O4. The van der Waals surface area contributed by atoms with Gasteiger partial charge in [-0.3, -0.25) is 4.79 Å². The van der Waals surface area contributed by atoms with Crippen LogP contribution in [0, 0.1) is 0 Å². The summed E-state index contributed by atoms with van der Waals surface area (Å²) < 4.78 is 11.3. The van der Waals surface area contributed by atoms with Gasteiger partial charge in [-0.15, -0.1) is 0 Å². The summed E-state index contributed by atoms with van der Waals surface area (Å²) >= 11 is 9.18. The molecule has 1 amide bonds. The van der Waals surface area contributed by atoms with Gasteiger partial charge in [0.2, 0.25) is 0 Å². The molecule has 0 bridgehead atoms. The van der Waals surface area contributed by atoms with Gasteiger partial charge in [0.25, 0.3) is 5.91 Å². The quantitative estimate of drug-likeness (QED) is 0.224. The van der Waals surface area contributed by atoms with Crippen LogP contribution in [-0.4, -0.2) is 24.7 Å². The highest BCUT2D eigenvalue weighted by Gasteiger charge is 2.11. The summed E-state index contributed by atoms with van der Waals surface area (Å²) in [7, 11) is 0. The van der Waals surface area contributed by atoms with E-state index in [4.69, 9.17) is 21.1 Å². The minimum absolute atomic E-state index is 0.193. The normalized spacial score (nSPS) is 10.6. The second-order valence-corrected chi connectivity index (χ2v) is 7.27. The molecule has 0 aliphatic rings. The number of nitrogens with one attached hydrogen (secondary N) is 1. The molecule has 0 aliphatic heterocycles. The summed E-state index contributed by atoms with van der Waals surface area (Å²) in [5.41, 5.74) is 3.52. The highest BCUT2D eigenvalue weighted by molar-refractivity contribution is 9.10. The van der Waals surface area contributed by atoms with Gasteiger partial charge in [-0.05, 0) is 76.1 Å². The van der Waals surface area contributed by atoms with E-state index in [1.54, 1.807) is 66.7 Å². The zero-order chi connectivity index (χ0) is 21.3. The number of carbonyl (C=O) groups is 2. The lowest BCUT2D eigenvalue weighted by molar-refractivity contribution is -0.123. The molecule has 0 spiro atoms. The second kappa shape index (κ2) is 10.6. The summed E-state index contributed by atoms with van der Waals surface area (Å²) in [5, 5.41) is 4.40. The first-order valence-electron chi connectivity index (χ1n) is 8.78. The van der Waals surface area contributed by atoms with Gasteiger partial charge in [-0.25, -0.2) is 10.2 Å². The van der Waals surface area contributed by atoms with Crippen molar-refractivity contribution < 1.29 is 19.1 Å². The first kappa shape index (κ1) is 21.5. The van der Waals surface area contributed by atoms with E-state index >= 15 is 0 Å². The lowest BCUT2D eigenvalue weighted by Gasteiger charge is -2.06. The SMILES string of the molecule is O=C(COc1cccc(Cl)c1)N/N=C\c1ccc(OC(=O)c2ccccc2Br)cc1. The molecule has 6 nitrogen and oxygen atoms in total. The van der Waals surface area contributed by atoms with Gasteiger partial charge in [-0.1, -0.05) is 29.8 Å². The number of carbonyl (C=O) groups excluding carboxylic acids is 2. The molecule has 0 aromatic heterocycles. The first-order valence-corrected chi connectivity index (χ1v) is 9.95.